The van der Waals surface area contributed by atoms with Crippen LogP contribution in [0.4, 0.5) is 35.1 Å². The minimum absolute atomic E-state index is 0.0512. The van der Waals surface area contributed by atoms with E-state index in [1.54, 1.807) is 36.4 Å². The highest BCUT2D eigenvalue weighted by atomic mass is 19.4. The topological polar surface area (TPSA) is 138 Å². The number of hydrogen-bond donors (Lipinski definition) is 1. The largest absolute Gasteiger partial charge is 0.497 e. The van der Waals surface area contributed by atoms with E-state index in [9.17, 15) is 39.9 Å². The fourth-order valence-corrected chi connectivity index (χ4v) is 5.86. The lowest BCUT2D eigenvalue weighted by atomic mass is 9.99. The van der Waals surface area contributed by atoms with Gasteiger partial charge in [-0.15, -0.1) is 10.2 Å². The molecule has 61 heavy (non-hydrogen) atoms. The molecule has 0 atom stereocenters. The fraction of sp³-hybridized carbons (Fsp3) is 0.0909. The third kappa shape index (κ3) is 9.86. The Bertz CT molecular complexity index is 2800. The van der Waals surface area contributed by atoms with Gasteiger partial charge in [0.25, 0.3) is 0 Å². The number of benzene rings is 5. The number of halogens is 8. The average Bonchev–Trinajstić information content (AvgIpc) is 3.26. The van der Waals surface area contributed by atoms with Gasteiger partial charge >= 0.3 is 12.4 Å². The van der Waals surface area contributed by atoms with E-state index in [0.717, 1.165) is 36.4 Å². The monoisotopic (exact) mass is 838 g/mol. The van der Waals surface area contributed by atoms with E-state index in [4.69, 9.17) is 20.0 Å². The zero-order chi connectivity index (χ0) is 43.9. The predicted molar refractivity (Wildman–Crippen MR) is 205 cm³/mol. The molecular weight excluding hydrogens is 813 g/mol. The van der Waals surface area contributed by atoms with Crippen molar-refractivity contribution < 1.29 is 44.6 Å². The molecule has 2 aromatic heterocycles. The Kier molecular flexibility index (Phi) is 12.5. The van der Waals surface area contributed by atoms with Crippen molar-refractivity contribution in [2.24, 2.45) is 0 Å². The lowest BCUT2D eigenvalue weighted by molar-refractivity contribution is -0.142. The first kappa shape index (κ1) is 42.7. The number of H-pyrrole nitrogens is 1. The summed E-state index contributed by atoms with van der Waals surface area (Å²) in [5.41, 5.74) is -2.71. The molecule has 0 aliphatic carbocycles. The molecule has 0 bridgehead atoms. The molecule has 17 heteroatoms. The molecular formula is C44H26F8N6O3. The van der Waals surface area contributed by atoms with Crippen LogP contribution in [0, 0.1) is 34.3 Å². The van der Waals surface area contributed by atoms with Crippen molar-refractivity contribution >= 4 is 0 Å². The Balaban J connectivity index is 0.000000213. The summed E-state index contributed by atoms with van der Waals surface area (Å²) in [4.78, 5) is 12.7. The van der Waals surface area contributed by atoms with Gasteiger partial charge in [-0.3, -0.25) is 9.89 Å². The van der Waals surface area contributed by atoms with Crippen molar-refractivity contribution in [1.29, 1.82) is 10.5 Å². The Labute approximate surface area is 340 Å². The fourth-order valence-electron chi connectivity index (χ4n) is 5.86. The summed E-state index contributed by atoms with van der Waals surface area (Å²) in [5, 5.41) is 30.7. The number of methoxy groups -OCH3 is 1. The van der Waals surface area contributed by atoms with Crippen molar-refractivity contribution in [3.63, 3.8) is 0 Å². The second kappa shape index (κ2) is 17.9. The lowest BCUT2D eigenvalue weighted by Crippen LogP contribution is -2.21. The zero-order valence-corrected chi connectivity index (χ0v) is 31.2. The summed E-state index contributed by atoms with van der Waals surface area (Å²) in [6.45, 7) is -0.0789. The van der Waals surface area contributed by atoms with Crippen LogP contribution in [0.3, 0.4) is 0 Å². The maximum Gasteiger partial charge on any atom is 0.435 e. The van der Waals surface area contributed by atoms with Gasteiger partial charge in [0.1, 0.15) is 41.1 Å². The molecule has 9 nitrogen and oxygen atoms in total. The quantitative estimate of drug-likeness (QED) is 0.149. The number of nitriles is 2. The Hall–Kier alpha value is -7.92. The summed E-state index contributed by atoms with van der Waals surface area (Å²) < 4.78 is 120. The van der Waals surface area contributed by atoms with E-state index in [2.05, 4.69) is 15.3 Å². The average molecular weight is 839 g/mol. The third-order valence-corrected chi connectivity index (χ3v) is 8.84. The summed E-state index contributed by atoms with van der Waals surface area (Å²) in [5.74, 6) is -0.791. The van der Waals surface area contributed by atoms with Crippen LogP contribution in [0.15, 0.2) is 126 Å². The van der Waals surface area contributed by atoms with Crippen molar-refractivity contribution in [3.8, 4) is 68.4 Å². The summed E-state index contributed by atoms with van der Waals surface area (Å²) in [6.07, 6.45) is -9.70. The van der Waals surface area contributed by atoms with Gasteiger partial charge < -0.3 is 9.47 Å². The molecule has 2 heterocycles. The second-order valence-electron chi connectivity index (χ2n) is 12.8. The van der Waals surface area contributed by atoms with Crippen LogP contribution in [0.5, 0.6) is 11.5 Å². The number of aromatic nitrogens is 4. The number of ether oxygens (including phenoxy) is 2. The maximum absolute atomic E-state index is 14.0. The van der Waals surface area contributed by atoms with Crippen LogP contribution in [0.1, 0.15) is 28.1 Å². The van der Waals surface area contributed by atoms with Crippen molar-refractivity contribution in [3.05, 3.63) is 171 Å². The van der Waals surface area contributed by atoms with Gasteiger partial charge in [0.05, 0.1) is 41.5 Å². The molecule has 5 aromatic carbocycles. The highest BCUT2D eigenvalue weighted by molar-refractivity contribution is 5.82. The molecule has 0 aliphatic rings. The molecule has 0 radical (unpaired) electrons. The van der Waals surface area contributed by atoms with Crippen LogP contribution in [-0.4, -0.2) is 27.5 Å². The highest BCUT2D eigenvalue weighted by Gasteiger charge is 2.40. The van der Waals surface area contributed by atoms with Gasteiger partial charge in [0.15, 0.2) is 11.4 Å². The molecule has 0 amide bonds. The smallest absolute Gasteiger partial charge is 0.435 e. The minimum Gasteiger partial charge on any atom is -0.497 e. The summed E-state index contributed by atoms with van der Waals surface area (Å²) in [7, 11) is 1.52. The van der Waals surface area contributed by atoms with Gasteiger partial charge in [-0.1, -0.05) is 60.7 Å². The number of nitrogens with zero attached hydrogens (tertiary/aromatic N) is 5. The zero-order valence-electron chi connectivity index (χ0n) is 31.2. The molecule has 0 unspecified atom stereocenters. The molecule has 0 aliphatic heterocycles. The normalized spacial score (nSPS) is 11.1. The number of aromatic amines is 1. The van der Waals surface area contributed by atoms with Crippen LogP contribution >= 0.6 is 0 Å². The highest BCUT2D eigenvalue weighted by Crippen LogP contribution is 2.45. The number of hydrogen-bond acceptors (Lipinski definition) is 8. The molecule has 0 saturated carbocycles. The van der Waals surface area contributed by atoms with E-state index in [0.29, 0.717) is 28.0 Å². The van der Waals surface area contributed by atoms with Gasteiger partial charge in [-0.05, 0) is 77.4 Å². The molecule has 1 N–H and O–H groups in total. The number of nitrogens with one attached hydrogen (secondary N) is 1. The van der Waals surface area contributed by atoms with Crippen LogP contribution in [0.2, 0.25) is 0 Å². The predicted octanol–water partition coefficient (Wildman–Crippen LogP) is 10.6. The van der Waals surface area contributed by atoms with E-state index in [-0.39, 0.29) is 46.0 Å². The maximum atomic E-state index is 14.0. The minimum atomic E-state index is -4.85. The number of rotatable bonds is 8. The second-order valence-corrected chi connectivity index (χ2v) is 12.8. The Morgan fingerprint density at radius 3 is 1.54 bits per heavy atom. The molecule has 7 aromatic rings. The first-order valence-corrected chi connectivity index (χ1v) is 17.6. The van der Waals surface area contributed by atoms with E-state index in [1.165, 1.54) is 55.6 Å². The van der Waals surface area contributed by atoms with E-state index < -0.39 is 46.4 Å². The van der Waals surface area contributed by atoms with Crippen molar-refractivity contribution in [2.75, 3.05) is 7.11 Å². The first-order valence-electron chi connectivity index (χ1n) is 17.6. The van der Waals surface area contributed by atoms with Gasteiger partial charge in [-0.2, -0.15) is 42.0 Å². The Morgan fingerprint density at radius 1 is 0.607 bits per heavy atom. The van der Waals surface area contributed by atoms with Crippen molar-refractivity contribution in [1.82, 2.24) is 20.4 Å². The van der Waals surface area contributed by atoms with Crippen LogP contribution in [-0.2, 0) is 19.0 Å². The number of alkyl halides is 6. The van der Waals surface area contributed by atoms with Gasteiger partial charge in [0, 0.05) is 11.1 Å². The van der Waals surface area contributed by atoms with Gasteiger partial charge in [-0.25, -0.2) is 8.78 Å². The SMILES string of the molecule is COc1ccc(COc2c(-c3ccc(C#N)cc3)nnc(C(F)(F)F)c2-c2ccc(F)cc2)cc1.N#Cc1ccc(-c2n[nH]c(C(F)(F)F)c(-c3ccc(F)cc3)c2=O)cc1. The first-order chi connectivity index (χ1) is 29.1. The van der Waals surface area contributed by atoms with Crippen molar-refractivity contribution in [2.45, 2.75) is 19.0 Å². The van der Waals surface area contributed by atoms with Crippen LogP contribution in [0.25, 0.3) is 44.8 Å². The molecule has 0 saturated heterocycles. The standard InChI is InChI=1S/C26H17F4N3O2.C18H9F4N3O/c1-34-21-12-4-17(5-13-21)15-35-24-22(18-8-10-20(27)11-9-18)25(26(28,29)30)33-32-23(24)19-6-2-16(14-31)3-7-19;19-13-7-5-11(6-8-13)14-16(26)15(24-25-17(14)18(20,21)22)12-3-1-10(9-23)2-4-12/h2-13H,15H2,1H3;1-8H,(H,25,26). The third-order valence-electron chi connectivity index (χ3n) is 8.84. The molecule has 7 rings (SSSR count). The summed E-state index contributed by atoms with van der Waals surface area (Å²) in [6, 6.07) is 31.2. The van der Waals surface area contributed by atoms with Crippen LogP contribution < -0.4 is 14.9 Å². The van der Waals surface area contributed by atoms with E-state index in [1.807, 2.05) is 17.2 Å². The lowest BCUT2D eigenvalue weighted by Gasteiger charge is -2.19. The van der Waals surface area contributed by atoms with Gasteiger partial charge in [0.2, 0.25) is 5.43 Å². The molecule has 306 valence electrons. The molecule has 0 fully saturated rings. The molecule has 0 spiro atoms. The Morgan fingerprint density at radius 2 is 1.08 bits per heavy atom. The summed E-state index contributed by atoms with van der Waals surface area (Å²) >= 11 is 0. The van der Waals surface area contributed by atoms with E-state index >= 15 is 0 Å².